The summed E-state index contributed by atoms with van der Waals surface area (Å²) in [6, 6.07) is 1.72. The molecule has 0 bridgehead atoms. The number of pyridine rings is 1. The van der Waals surface area contributed by atoms with E-state index in [0.717, 1.165) is 5.56 Å². The number of aliphatic hydroxyl groups excluding tert-OH is 1. The monoisotopic (exact) mass is 265 g/mol. The third kappa shape index (κ3) is 2.34. The van der Waals surface area contributed by atoms with Crippen LogP contribution in [0, 0.1) is 6.92 Å². The minimum absolute atomic E-state index is 0.218. The maximum Gasteiger partial charge on any atom is 0.340 e. The van der Waals surface area contributed by atoms with Crippen molar-refractivity contribution in [3.63, 3.8) is 0 Å². The van der Waals surface area contributed by atoms with E-state index in [4.69, 9.17) is 14.2 Å². The topological polar surface area (TPSA) is 77.9 Å². The first-order valence-corrected chi connectivity index (χ1v) is 6.19. The van der Waals surface area contributed by atoms with E-state index in [1.54, 1.807) is 12.3 Å². The van der Waals surface area contributed by atoms with Crippen LogP contribution >= 0.6 is 0 Å². The molecule has 3 heterocycles. The van der Waals surface area contributed by atoms with E-state index in [2.05, 4.69) is 4.98 Å². The summed E-state index contributed by atoms with van der Waals surface area (Å²) in [5.41, 5.74) is 1.30. The Hall–Kier alpha value is -1.50. The largest absolute Gasteiger partial charge is 0.453 e. The van der Waals surface area contributed by atoms with E-state index in [0.29, 0.717) is 5.56 Å². The van der Waals surface area contributed by atoms with Crippen LogP contribution in [-0.2, 0) is 14.2 Å². The summed E-state index contributed by atoms with van der Waals surface area (Å²) < 4.78 is 16.2. The summed E-state index contributed by atoms with van der Waals surface area (Å²) in [4.78, 5) is 15.9. The second kappa shape index (κ2) is 4.88. The van der Waals surface area contributed by atoms with E-state index >= 15 is 0 Å². The van der Waals surface area contributed by atoms with Crippen LogP contribution in [0.15, 0.2) is 18.5 Å². The lowest BCUT2D eigenvalue weighted by Gasteiger charge is -2.16. The number of esters is 1. The van der Waals surface area contributed by atoms with Crippen LogP contribution in [0.4, 0.5) is 0 Å². The van der Waals surface area contributed by atoms with E-state index in [1.807, 2.05) is 6.92 Å². The summed E-state index contributed by atoms with van der Waals surface area (Å²) in [5, 5.41) is 9.60. The zero-order chi connectivity index (χ0) is 13.4. The molecule has 2 aliphatic heterocycles. The average molecular weight is 265 g/mol. The SMILES string of the molecule is Cc1cncc(C(=O)O[C@H]2CO[C@H]3[C@@H]2OC[C@H]3O)c1. The fraction of sp³-hybridized carbons (Fsp3) is 0.538. The van der Waals surface area contributed by atoms with Crippen molar-refractivity contribution in [3.8, 4) is 0 Å². The lowest BCUT2D eigenvalue weighted by atomic mass is 10.1. The number of hydrogen-bond donors (Lipinski definition) is 1. The molecule has 0 radical (unpaired) electrons. The van der Waals surface area contributed by atoms with E-state index in [9.17, 15) is 9.90 Å². The van der Waals surface area contributed by atoms with Gasteiger partial charge in [-0.15, -0.1) is 0 Å². The third-order valence-corrected chi connectivity index (χ3v) is 3.35. The predicted octanol–water partition coefficient (Wildman–Crippen LogP) is 0.0739. The average Bonchev–Trinajstić information content (AvgIpc) is 2.94. The minimum Gasteiger partial charge on any atom is -0.453 e. The normalized spacial score (nSPS) is 33.2. The van der Waals surface area contributed by atoms with E-state index < -0.39 is 24.3 Å². The van der Waals surface area contributed by atoms with Gasteiger partial charge in [0.05, 0.1) is 18.8 Å². The number of hydrogen-bond acceptors (Lipinski definition) is 6. The molecule has 1 aromatic rings. The lowest BCUT2D eigenvalue weighted by molar-refractivity contribution is -0.0209. The Morgan fingerprint density at radius 2 is 2.16 bits per heavy atom. The fourth-order valence-corrected chi connectivity index (χ4v) is 2.42. The molecule has 0 aromatic carbocycles. The third-order valence-electron chi connectivity index (χ3n) is 3.35. The quantitative estimate of drug-likeness (QED) is 0.763. The Bertz CT molecular complexity index is 492. The van der Waals surface area contributed by atoms with Crippen molar-refractivity contribution in [2.24, 2.45) is 0 Å². The highest BCUT2D eigenvalue weighted by molar-refractivity contribution is 5.89. The fourth-order valence-electron chi connectivity index (χ4n) is 2.42. The first-order valence-electron chi connectivity index (χ1n) is 6.19. The Labute approximate surface area is 110 Å². The summed E-state index contributed by atoms with van der Waals surface area (Å²) in [6.45, 7) is 2.32. The number of nitrogens with zero attached hydrogens (tertiary/aromatic N) is 1. The van der Waals surface area contributed by atoms with Gasteiger partial charge in [-0.25, -0.2) is 4.79 Å². The van der Waals surface area contributed by atoms with Crippen molar-refractivity contribution in [1.82, 2.24) is 4.98 Å². The second-order valence-electron chi connectivity index (χ2n) is 4.86. The molecule has 4 atom stereocenters. The molecular formula is C13H15NO5. The van der Waals surface area contributed by atoms with Crippen LogP contribution in [-0.4, -0.2) is 53.7 Å². The second-order valence-corrected chi connectivity index (χ2v) is 4.86. The van der Waals surface area contributed by atoms with Gasteiger partial charge < -0.3 is 19.3 Å². The molecule has 1 N–H and O–H groups in total. The number of carbonyl (C=O) groups excluding carboxylic acids is 1. The first-order chi connectivity index (χ1) is 9.15. The molecule has 0 amide bonds. The van der Waals surface area contributed by atoms with Gasteiger partial charge in [-0.2, -0.15) is 0 Å². The number of aliphatic hydroxyl groups is 1. The molecule has 1 aromatic heterocycles. The molecule has 102 valence electrons. The zero-order valence-corrected chi connectivity index (χ0v) is 10.5. The summed E-state index contributed by atoms with van der Waals surface area (Å²) >= 11 is 0. The number of rotatable bonds is 2. The number of aromatic nitrogens is 1. The molecule has 0 saturated carbocycles. The number of carbonyl (C=O) groups is 1. The molecule has 0 spiro atoms. The van der Waals surface area contributed by atoms with Crippen molar-refractivity contribution >= 4 is 5.97 Å². The molecule has 2 saturated heterocycles. The summed E-state index contributed by atoms with van der Waals surface area (Å²) in [7, 11) is 0. The molecule has 3 rings (SSSR count). The number of fused-ring (bicyclic) bond motifs is 1. The van der Waals surface area contributed by atoms with Gasteiger partial charge in [-0.1, -0.05) is 0 Å². The van der Waals surface area contributed by atoms with Crippen LogP contribution in [0.25, 0.3) is 0 Å². The van der Waals surface area contributed by atoms with Crippen molar-refractivity contribution in [1.29, 1.82) is 0 Å². The summed E-state index contributed by atoms with van der Waals surface area (Å²) in [6.07, 6.45) is 1.24. The van der Waals surface area contributed by atoms with Gasteiger partial charge in [0, 0.05) is 12.4 Å². The highest BCUT2D eigenvalue weighted by Gasteiger charge is 2.48. The minimum atomic E-state index is -0.644. The van der Waals surface area contributed by atoms with Crippen LogP contribution in [0.3, 0.4) is 0 Å². The molecule has 2 aliphatic rings. The van der Waals surface area contributed by atoms with Gasteiger partial charge in [0.25, 0.3) is 0 Å². The Balaban J connectivity index is 1.67. The highest BCUT2D eigenvalue weighted by Crippen LogP contribution is 2.29. The van der Waals surface area contributed by atoms with Crippen molar-refractivity contribution in [3.05, 3.63) is 29.6 Å². The molecule has 6 heteroatoms. The van der Waals surface area contributed by atoms with Crippen LogP contribution in [0.2, 0.25) is 0 Å². The molecule has 6 nitrogen and oxygen atoms in total. The van der Waals surface area contributed by atoms with Crippen LogP contribution in [0.1, 0.15) is 15.9 Å². The zero-order valence-electron chi connectivity index (χ0n) is 10.5. The number of ether oxygens (including phenoxy) is 3. The maximum atomic E-state index is 12.0. The number of aryl methyl sites for hydroxylation is 1. The Morgan fingerprint density at radius 3 is 2.95 bits per heavy atom. The van der Waals surface area contributed by atoms with Crippen molar-refractivity contribution in [2.75, 3.05) is 13.2 Å². The molecule has 19 heavy (non-hydrogen) atoms. The Morgan fingerprint density at radius 1 is 1.37 bits per heavy atom. The van der Waals surface area contributed by atoms with Gasteiger partial charge in [-0.3, -0.25) is 4.98 Å². The van der Waals surface area contributed by atoms with E-state index in [1.165, 1.54) is 6.20 Å². The summed E-state index contributed by atoms with van der Waals surface area (Å²) in [5.74, 6) is -0.449. The smallest absolute Gasteiger partial charge is 0.340 e. The molecule has 0 aliphatic carbocycles. The van der Waals surface area contributed by atoms with Gasteiger partial charge in [0.15, 0.2) is 6.10 Å². The molecule has 0 unspecified atom stereocenters. The van der Waals surface area contributed by atoms with Gasteiger partial charge >= 0.3 is 5.97 Å². The first kappa shape index (κ1) is 12.5. The van der Waals surface area contributed by atoms with Crippen LogP contribution < -0.4 is 0 Å². The van der Waals surface area contributed by atoms with Crippen molar-refractivity contribution in [2.45, 2.75) is 31.3 Å². The van der Waals surface area contributed by atoms with Gasteiger partial charge in [0.1, 0.15) is 18.3 Å². The highest BCUT2D eigenvalue weighted by atomic mass is 16.6. The standard InChI is InChI=1S/C13H15NO5/c1-7-2-8(4-14-3-7)13(16)19-10-6-18-11-9(15)5-17-12(10)11/h2-4,9-12,15H,5-6H2,1H3/t9-,10+,11-,12-/m1/s1. The van der Waals surface area contributed by atoms with Gasteiger partial charge in [-0.05, 0) is 18.6 Å². The lowest BCUT2D eigenvalue weighted by Crippen LogP contribution is -2.34. The molecule has 2 fully saturated rings. The van der Waals surface area contributed by atoms with Gasteiger partial charge in [0.2, 0.25) is 0 Å². The Kier molecular flexibility index (Phi) is 3.22. The van der Waals surface area contributed by atoms with Crippen molar-refractivity contribution < 1.29 is 24.1 Å². The predicted molar refractivity (Wildman–Crippen MR) is 63.7 cm³/mol. The van der Waals surface area contributed by atoms with E-state index in [-0.39, 0.29) is 19.3 Å². The maximum absolute atomic E-state index is 12.0. The van der Waals surface area contributed by atoms with Crippen LogP contribution in [0.5, 0.6) is 0 Å². The molecular weight excluding hydrogens is 250 g/mol.